The average Bonchev–Trinajstić information content (AvgIpc) is 2.87. The number of methoxy groups -OCH3 is 4. The van der Waals surface area contributed by atoms with E-state index in [0.29, 0.717) is 71.1 Å². The highest BCUT2D eigenvalue weighted by atomic mass is 16.5. The largest absolute Gasteiger partial charge is 0.496 e. The van der Waals surface area contributed by atoms with Crippen LogP contribution in [-0.2, 0) is 17.6 Å². The monoisotopic (exact) mass is 516 g/mol. The van der Waals surface area contributed by atoms with Gasteiger partial charge in [-0.3, -0.25) is 4.79 Å². The summed E-state index contributed by atoms with van der Waals surface area (Å²) >= 11 is 0. The van der Waals surface area contributed by atoms with E-state index in [9.17, 15) is 15.0 Å². The van der Waals surface area contributed by atoms with E-state index in [1.54, 1.807) is 52.5 Å². The van der Waals surface area contributed by atoms with Gasteiger partial charge >= 0.3 is 0 Å². The van der Waals surface area contributed by atoms with Crippen molar-refractivity contribution in [2.75, 3.05) is 28.4 Å². The van der Waals surface area contributed by atoms with E-state index in [1.807, 2.05) is 13.8 Å². The molecule has 0 aliphatic carbocycles. The zero-order chi connectivity index (χ0) is 27.4. The number of fused-ring (bicyclic) bond motifs is 1. The molecule has 0 aromatic heterocycles. The lowest BCUT2D eigenvalue weighted by Crippen LogP contribution is -2.30. The van der Waals surface area contributed by atoms with Gasteiger partial charge in [-0.15, -0.1) is 0 Å². The molecule has 8 nitrogen and oxygen atoms in total. The summed E-state index contributed by atoms with van der Waals surface area (Å²) in [7, 11) is 6.19. The second-order valence-electron chi connectivity index (χ2n) is 10.2. The molecule has 0 saturated heterocycles. The van der Waals surface area contributed by atoms with Gasteiger partial charge in [-0.1, -0.05) is 13.0 Å². The second-order valence-corrected chi connectivity index (χ2v) is 10.2. The summed E-state index contributed by atoms with van der Waals surface area (Å²) < 4.78 is 28.3. The zero-order valence-corrected chi connectivity index (χ0v) is 23.0. The van der Waals surface area contributed by atoms with Crippen LogP contribution in [0.25, 0.3) is 0 Å². The van der Waals surface area contributed by atoms with E-state index in [0.717, 1.165) is 0 Å². The first-order valence-corrected chi connectivity index (χ1v) is 12.6. The topological polar surface area (TPSA) is 104 Å². The summed E-state index contributed by atoms with van der Waals surface area (Å²) in [6.45, 7) is 5.52. The minimum absolute atomic E-state index is 0.107. The summed E-state index contributed by atoms with van der Waals surface area (Å²) in [4.78, 5) is 13.2. The number of carbonyl (C=O) groups is 1. The molecule has 0 fully saturated rings. The van der Waals surface area contributed by atoms with Crippen molar-refractivity contribution in [2.24, 2.45) is 0 Å². The molecule has 3 unspecified atom stereocenters. The van der Waals surface area contributed by atoms with Crippen molar-refractivity contribution >= 4 is 5.78 Å². The first-order chi connectivity index (χ1) is 17.5. The molecule has 1 heterocycles. The lowest BCUT2D eigenvalue weighted by molar-refractivity contribution is -0.126. The molecule has 3 atom stereocenters. The van der Waals surface area contributed by atoms with Gasteiger partial charge in [0.05, 0.1) is 39.6 Å². The molecule has 2 N–H and O–H groups in total. The van der Waals surface area contributed by atoms with E-state index < -0.39 is 17.3 Å². The van der Waals surface area contributed by atoms with Gasteiger partial charge in [-0.25, -0.2) is 0 Å². The number of carbonyl (C=O) groups excluding carboxylic acids is 1. The van der Waals surface area contributed by atoms with Gasteiger partial charge in [-0.2, -0.15) is 0 Å². The Labute approximate surface area is 219 Å². The zero-order valence-electron chi connectivity index (χ0n) is 23.0. The van der Waals surface area contributed by atoms with Crippen molar-refractivity contribution in [2.45, 2.75) is 76.6 Å². The molecule has 8 heteroatoms. The molecule has 37 heavy (non-hydrogen) atoms. The van der Waals surface area contributed by atoms with Gasteiger partial charge in [0.1, 0.15) is 17.2 Å². The van der Waals surface area contributed by atoms with Gasteiger partial charge in [-0.05, 0) is 51.7 Å². The van der Waals surface area contributed by atoms with Gasteiger partial charge in [0.2, 0.25) is 0 Å². The highest BCUT2D eigenvalue weighted by Gasteiger charge is 2.36. The van der Waals surface area contributed by atoms with Crippen LogP contribution in [0.3, 0.4) is 0 Å². The first kappa shape index (κ1) is 28.6. The van der Waals surface area contributed by atoms with Crippen molar-refractivity contribution < 1.29 is 38.7 Å². The Morgan fingerprint density at radius 1 is 0.919 bits per heavy atom. The number of benzene rings is 2. The Kier molecular flexibility index (Phi) is 8.97. The van der Waals surface area contributed by atoms with Crippen LogP contribution in [0.15, 0.2) is 24.3 Å². The maximum absolute atomic E-state index is 13.2. The van der Waals surface area contributed by atoms with Crippen molar-refractivity contribution in [1.82, 2.24) is 0 Å². The molecule has 0 amide bonds. The Bertz CT molecular complexity index is 1110. The number of hydrogen-bond acceptors (Lipinski definition) is 8. The van der Waals surface area contributed by atoms with Crippen molar-refractivity contribution in [1.29, 1.82) is 0 Å². The number of rotatable bonds is 12. The first-order valence-electron chi connectivity index (χ1n) is 12.6. The van der Waals surface area contributed by atoms with Gasteiger partial charge in [0.15, 0.2) is 23.4 Å². The maximum atomic E-state index is 13.2. The highest BCUT2D eigenvalue weighted by Crippen LogP contribution is 2.46. The molecule has 0 radical (unpaired) electrons. The molecular weight excluding hydrogens is 476 g/mol. The van der Waals surface area contributed by atoms with Gasteiger partial charge in [0.25, 0.3) is 0 Å². The van der Waals surface area contributed by atoms with Crippen molar-refractivity contribution in [3.05, 3.63) is 41.0 Å². The fraction of sp³-hybridized carbons (Fsp3) is 0.552. The van der Waals surface area contributed by atoms with Crippen molar-refractivity contribution in [3.8, 4) is 28.7 Å². The SMILES string of the molecule is CCC(C)(O)CCCC(C)(O)Cc1c(OC)cc2c(c1OC)CC(=O)C(c1ccc(OC)c(OC)c1)O2. The highest BCUT2D eigenvalue weighted by molar-refractivity contribution is 5.90. The molecule has 0 bridgehead atoms. The molecule has 204 valence electrons. The molecule has 0 spiro atoms. The van der Waals surface area contributed by atoms with Crippen LogP contribution >= 0.6 is 0 Å². The van der Waals surface area contributed by atoms with Crippen LogP contribution in [0.2, 0.25) is 0 Å². The Morgan fingerprint density at radius 2 is 1.57 bits per heavy atom. The molecular formula is C29H40O8. The predicted octanol–water partition coefficient (Wildman–Crippen LogP) is 4.59. The third-order valence-electron chi connectivity index (χ3n) is 7.18. The smallest absolute Gasteiger partial charge is 0.182 e. The number of ketones is 1. The van der Waals surface area contributed by atoms with E-state index in [1.165, 1.54) is 7.11 Å². The van der Waals surface area contributed by atoms with Crippen LogP contribution in [0.5, 0.6) is 28.7 Å². The number of hydrogen-bond donors (Lipinski definition) is 2. The predicted molar refractivity (Wildman–Crippen MR) is 140 cm³/mol. The summed E-state index contributed by atoms with van der Waals surface area (Å²) in [5, 5.41) is 21.5. The number of ether oxygens (including phenoxy) is 5. The van der Waals surface area contributed by atoms with Crippen molar-refractivity contribution in [3.63, 3.8) is 0 Å². The lowest BCUT2D eigenvalue weighted by Gasteiger charge is -2.31. The minimum atomic E-state index is -1.07. The fourth-order valence-electron chi connectivity index (χ4n) is 4.79. The molecule has 2 aromatic rings. The summed E-state index contributed by atoms with van der Waals surface area (Å²) in [5.41, 5.74) is 0.141. The van der Waals surface area contributed by atoms with Crippen LogP contribution in [-0.4, -0.2) is 55.6 Å². The van der Waals surface area contributed by atoms with Crippen LogP contribution in [0.1, 0.15) is 69.2 Å². The number of aliphatic hydroxyl groups is 2. The van der Waals surface area contributed by atoms with Gasteiger partial charge in [0, 0.05) is 35.6 Å². The van der Waals surface area contributed by atoms with Crippen LogP contribution in [0, 0.1) is 0 Å². The average molecular weight is 517 g/mol. The normalized spacial score (nSPS) is 18.2. The van der Waals surface area contributed by atoms with Crippen LogP contribution < -0.4 is 23.7 Å². The minimum Gasteiger partial charge on any atom is -0.496 e. The molecule has 3 rings (SSSR count). The molecule has 0 saturated carbocycles. The standard InChI is InChI=1S/C29H40O8/c1-8-28(2,31)12-9-13-29(3,32)17-20-23(34-5)16-24-19(27(20)36-7)15-21(30)26(37-24)18-10-11-22(33-4)25(14-18)35-6/h10-11,14,16,26,31-32H,8-9,12-13,15,17H2,1-7H3. The Hall–Kier alpha value is -2.97. The molecule has 1 aliphatic heterocycles. The maximum Gasteiger partial charge on any atom is 0.182 e. The third-order valence-corrected chi connectivity index (χ3v) is 7.18. The second kappa shape index (κ2) is 11.6. The summed E-state index contributed by atoms with van der Waals surface area (Å²) in [6.07, 6.45) is 1.95. The Morgan fingerprint density at radius 3 is 2.16 bits per heavy atom. The van der Waals surface area contributed by atoms with Crippen LogP contribution in [0.4, 0.5) is 0 Å². The quantitative estimate of drug-likeness (QED) is 0.422. The van der Waals surface area contributed by atoms with Gasteiger partial charge < -0.3 is 33.9 Å². The fourth-order valence-corrected chi connectivity index (χ4v) is 4.79. The van der Waals surface area contributed by atoms with E-state index in [4.69, 9.17) is 23.7 Å². The third kappa shape index (κ3) is 6.48. The summed E-state index contributed by atoms with van der Waals surface area (Å²) in [5.74, 6) is 2.44. The van der Waals surface area contributed by atoms with E-state index in [2.05, 4.69) is 0 Å². The Balaban J connectivity index is 1.91. The molecule has 1 aliphatic rings. The molecule has 2 aromatic carbocycles. The van der Waals surface area contributed by atoms with E-state index >= 15 is 0 Å². The summed E-state index contributed by atoms with van der Waals surface area (Å²) in [6, 6.07) is 7.02. The van der Waals surface area contributed by atoms with E-state index in [-0.39, 0.29) is 18.6 Å². The number of Topliss-reactive ketones (excluding diaryl/α,β-unsaturated/α-hetero) is 1. The lowest BCUT2D eigenvalue weighted by atomic mass is 9.85.